The molecule has 5 rings (SSSR count). The summed E-state index contributed by atoms with van der Waals surface area (Å²) in [6.45, 7) is 0. The Labute approximate surface area is 267 Å². The quantitative estimate of drug-likeness (QED) is 0.0757. The molecule has 1 N–H and O–H groups in total. The van der Waals surface area contributed by atoms with Crippen molar-refractivity contribution in [2.75, 3.05) is 28.4 Å². The van der Waals surface area contributed by atoms with Gasteiger partial charge < -0.3 is 23.7 Å². The van der Waals surface area contributed by atoms with E-state index in [9.17, 15) is 9.59 Å². The molecule has 0 aliphatic heterocycles. The SMILES string of the molecule is COc1cc(/C=N\NC(=O)c2cc(-c3ccc(Br)cc3)nc3ccccc23)ccc1OC(=O)c1cc(OC)c(OC)c(OC)c1. The molecule has 1 aromatic heterocycles. The van der Waals surface area contributed by atoms with Gasteiger partial charge in [-0.15, -0.1) is 0 Å². The molecule has 1 heterocycles. The van der Waals surface area contributed by atoms with Crippen LogP contribution in [-0.2, 0) is 0 Å². The van der Waals surface area contributed by atoms with E-state index in [1.54, 1.807) is 24.3 Å². The maximum absolute atomic E-state index is 13.3. The lowest BCUT2D eigenvalue weighted by Gasteiger charge is -2.14. The number of fused-ring (bicyclic) bond motifs is 1. The number of pyridine rings is 1. The van der Waals surface area contributed by atoms with Gasteiger partial charge in [-0.05, 0) is 60.2 Å². The first-order valence-corrected chi connectivity index (χ1v) is 14.3. The second-order valence-corrected chi connectivity index (χ2v) is 10.4. The minimum absolute atomic E-state index is 0.182. The number of carbonyl (C=O) groups excluding carboxylic acids is 2. The molecule has 0 fully saturated rings. The molecule has 0 radical (unpaired) electrons. The second kappa shape index (κ2) is 13.9. The monoisotopic (exact) mass is 669 g/mol. The van der Waals surface area contributed by atoms with Crippen molar-refractivity contribution in [3.63, 3.8) is 0 Å². The van der Waals surface area contributed by atoms with E-state index >= 15 is 0 Å². The molecule has 0 saturated heterocycles. The average molecular weight is 671 g/mol. The Bertz CT molecular complexity index is 1880. The molecular formula is C34H28BrN3O7. The average Bonchev–Trinajstić information content (AvgIpc) is 3.07. The number of para-hydroxylation sites is 1. The number of ether oxygens (including phenoxy) is 5. The number of hydrazone groups is 1. The number of hydrogen-bond donors (Lipinski definition) is 1. The Morgan fingerprint density at radius 3 is 2.13 bits per heavy atom. The van der Waals surface area contributed by atoms with Crippen molar-refractivity contribution < 1.29 is 33.3 Å². The molecule has 228 valence electrons. The number of nitrogens with zero attached hydrogens (tertiary/aromatic N) is 2. The number of methoxy groups -OCH3 is 4. The van der Waals surface area contributed by atoms with Crippen molar-refractivity contribution in [1.82, 2.24) is 10.4 Å². The van der Waals surface area contributed by atoms with Gasteiger partial charge in [-0.2, -0.15) is 5.10 Å². The molecular weight excluding hydrogens is 642 g/mol. The van der Waals surface area contributed by atoms with Crippen LogP contribution in [0, 0.1) is 0 Å². The van der Waals surface area contributed by atoms with Gasteiger partial charge >= 0.3 is 5.97 Å². The van der Waals surface area contributed by atoms with E-state index in [-0.39, 0.29) is 17.1 Å². The zero-order valence-electron chi connectivity index (χ0n) is 24.8. The number of nitrogens with one attached hydrogen (secondary N) is 1. The minimum Gasteiger partial charge on any atom is -0.493 e. The Morgan fingerprint density at radius 1 is 0.778 bits per heavy atom. The van der Waals surface area contributed by atoms with E-state index in [1.165, 1.54) is 46.8 Å². The van der Waals surface area contributed by atoms with E-state index in [0.717, 1.165) is 10.0 Å². The van der Waals surface area contributed by atoms with Crippen LogP contribution < -0.4 is 29.1 Å². The first-order valence-electron chi connectivity index (χ1n) is 13.5. The van der Waals surface area contributed by atoms with E-state index in [0.29, 0.717) is 45.0 Å². The number of halogens is 1. The molecule has 45 heavy (non-hydrogen) atoms. The predicted octanol–water partition coefficient (Wildman–Crippen LogP) is 6.68. The van der Waals surface area contributed by atoms with Crippen LogP contribution in [0.2, 0.25) is 0 Å². The summed E-state index contributed by atoms with van der Waals surface area (Å²) in [7, 11) is 5.84. The number of carbonyl (C=O) groups is 2. The van der Waals surface area contributed by atoms with Crippen molar-refractivity contribution in [2.45, 2.75) is 0 Å². The smallest absolute Gasteiger partial charge is 0.343 e. The molecule has 4 aromatic carbocycles. The van der Waals surface area contributed by atoms with Crippen LogP contribution >= 0.6 is 15.9 Å². The molecule has 0 spiro atoms. The lowest BCUT2D eigenvalue weighted by molar-refractivity contribution is 0.0728. The van der Waals surface area contributed by atoms with Crippen LogP contribution in [0.5, 0.6) is 28.7 Å². The van der Waals surface area contributed by atoms with Gasteiger partial charge in [-0.3, -0.25) is 4.79 Å². The molecule has 0 saturated carbocycles. The van der Waals surface area contributed by atoms with E-state index < -0.39 is 11.9 Å². The maximum Gasteiger partial charge on any atom is 0.343 e. The van der Waals surface area contributed by atoms with Crippen LogP contribution in [0.3, 0.4) is 0 Å². The highest BCUT2D eigenvalue weighted by molar-refractivity contribution is 9.10. The van der Waals surface area contributed by atoms with Gasteiger partial charge in [0.15, 0.2) is 23.0 Å². The van der Waals surface area contributed by atoms with Gasteiger partial charge in [0, 0.05) is 15.4 Å². The summed E-state index contributed by atoms with van der Waals surface area (Å²) in [5.74, 6) is 0.389. The fourth-order valence-electron chi connectivity index (χ4n) is 4.56. The van der Waals surface area contributed by atoms with Gasteiger partial charge in [0.2, 0.25) is 5.75 Å². The Balaban J connectivity index is 1.33. The summed E-state index contributed by atoms with van der Waals surface area (Å²) < 4.78 is 28.0. The molecule has 0 atom stereocenters. The fraction of sp³-hybridized carbons (Fsp3) is 0.118. The standard InChI is InChI=1S/C34H28BrN3O7/c1-41-29-15-20(9-14-28(29)45-34(40)22-16-30(42-2)32(44-4)31(17-22)43-3)19-36-38-33(39)25-18-27(21-10-12-23(35)13-11-21)37-26-8-6-5-7-24(25)26/h5-19H,1-4H3,(H,38,39)/b36-19-. The molecule has 0 aliphatic carbocycles. The highest BCUT2D eigenvalue weighted by Crippen LogP contribution is 2.39. The van der Waals surface area contributed by atoms with Crippen LogP contribution in [0.4, 0.5) is 0 Å². The summed E-state index contributed by atoms with van der Waals surface area (Å²) in [6.07, 6.45) is 1.46. The molecule has 11 heteroatoms. The third-order valence-electron chi connectivity index (χ3n) is 6.77. The lowest BCUT2D eigenvalue weighted by Crippen LogP contribution is -2.18. The molecule has 0 unspecified atom stereocenters. The number of amides is 1. The molecule has 1 amide bonds. The van der Waals surface area contributed by atoms with Gasteiger partial charge in [0.1, 0.15) is 0 Å². The number of aromatic nitrogens is 1. The summed E-state index contributed by atoms with van der Waals surface area (Å²) in [5.41, 5.74) is 6.04. The lowest BCUT2D eigenvalue weighted by atomic mass is 10.0. The molecule has 0 bridgehead atoms. The molecule has 5 aromatic rings. The van der Waals surface area contributed by atoms with Gasteiger partial charge in [-0.1, -0.05) is 46.3 Å². The van der Waals surface area contributed by atoms with Gasteiger partial charge in [0.25, 0.3) is 5.91 Å². The highest BCUT2D eigenvalue weighted by atomic mass is 79.9. The van der Waals surface area contributed by atoms with Crippen molar-refractivity contribution >= 4 is 44.9 Å². The highest BCUT2D eigenvalue weighted by Gasteiger charge is 2.20. The number of rotatable bonds is 10. The number of hydrogen-bond acceptors (Lipinski definition) is 9. The third-order valence-corrected chi connectivity index (χ3v) is 7.30. The normalized spacial score (nSPS) is 10.9. The van der Waals surface area contributed by atoms with Crippen LogP contribution in [0.15, 0.2) is 94.5 Å². The van der Waals surface area contributed by atoms with E-state index in [2.05, 4.69) is 26.5 Å². The van der Waals surface area contributed by atoms with E-state index in [4.69, 9.17) is 28.7 Å². The summed E-state index contributed by atoms with van der Waals surface area (Å²) in [4.78, 5) is 31.0. The van der Waals surface area contributed by atoms with Crippen molar-refractivity contribution in [2.24, 2.45) is 5.10 Å². The maximum atomic E-state index is 13.3. The zero-order chi connectivity index (χ0) is 31.9. The molecule has 10 nitrogen and oxygen atoms in total. The topological polar surface area (TPSA) is 118 Å². The van der Waals surface area contributed by atoms with Crippen molar-refractivity contribution in [3.05, 3.63) is 106 Å². The minimum atomic E-state index is -0.659. The third kappa shape index (κ3) is 6.89. The number of esters is 1. The van der Waals surface area contributed by atoms with Crippen LogP contribution in [0.1, 0.15) is 26.3 Å². The Kier molecular flexibility index (Phi) is 9.59. The first-order chi connectivity index (χ1) is 21.8. The largest absolute Gasteiger partial charge is 0.493 e. The van der Waals surface area contributed by atoms with Crippen molar-refractivity contribution in [1.29, 1.82) is 0 Å². The molecule has 0 aliphatic rings. The summed E-state index contributed by atoms with van der Waals surface area (Å²) in [5, 5.41) is 4.85. The zero-order valence-corrected chi connectivity index (χ0v) is 26.4. The number of benzene rings is 4. The van der Waals surface area contributed by atoms with Crippen LogP contribution in [0.25, 0.3) is 22.2 Å². The van der Waals surface area contributed by atoms with E-state index in [1.807, 2.05) is 48.5 Å². The van der Waals surface area contributed by atoms with Crippen LogP contribution in [-0.4, -0.2) is 51.5 Å². The fourth-order valence-corrected chi connectivity index (χ4v) is 4.83. The first kappa shape index (κ1) is 31.0. The Morgan fingerprint density at radius 2 is 1.47 bits per heavy atom. The summed E-state index contributed by atoms with van der Waals surface area (Å²) >= 11 is 3.45. The van der Waals surface area contributed by atoms with Crippen molar-refractivity contribution in [3.8, 4) is 40.0 Å². The Hall–Kier alpha value is -5.42. The summed E-state index contributed by atoms with van der Waals surface area (Å²) in [6, 6.07) is 24.7. The predicted molar refractivity (Wildman–Crippen MR) is 174 cm³/mol. The second-order valence-electron chi connectivity index (χ2n) is 9.49. The van der Waals surface area contributed by atoms with Gasteiger partial charge in [0.05, 0.1) is 57.0 Å². The van der Waals surface area contributed by atoms with Gasteiger partial charge in [-0.25, -0.2) is 15.2 Å².